The van der Waals surface area contributed by atoms with Crippen molar-refractivity contribution in [2.75, 3.05) is 26.8 Å². The van der Waals surface area contributed by atoms with E-state index < -0.39 is 0 Å². The molecular weight excluding hydrogens is 252 g/mol. The molecule has 0 unspecified atom stereocenters. The summed E-state index contributed by atoms with van der Waals surface area (Å²) in [6, 6.07) is 12.0. The van der Waals surface area contributed by atoms with Gasteiger partial charge in [0.25, 0.3) is 0 Å². The van der Waals surface area contributed by atoms with Crippen molar-refractivity contribution in [1.82, 2.24) is 9.88 Å². The second kappa shape index (κ2) is 6.01. The van der Waals surface area contributed by atoms with Crippen molar-refractivity contribution in [2.24, 2.45) is 0 Å². The van der Waals surface area contributed by atoms with Gasteiger partial charge in [0.05, 0.1) is 13.7 Å². The minimum Gasteiger partial charge on any atom is -0.497 e. The number of ether oxygens (including phenoxy) is 2. The Morgan fingerprint density at radius 1 is 1.20 bits per heavy atom. The van der Waals surface area contributed by atoms with Gasteiger partial charge in [-0.3, -0.25) is 0 Å². The zero-order valence-corrected chi connectivity index (χ0v) is 11.7. The number of hydrogen-bond donors (Lipinski definition) is 1. The molecule has 3 rings (SSSR count). The quantitative estimate of drug-likeness (QED) is 0.876. The number of rotatable bonds is 6. The molecule has 2 heterocycles. The van der Waals surface area contributed by atoms with E-state index in [1.807, 2.05) is 24.3 Å². The molecule has 20 heavy (non-hydrogen) atoms. The lowest BCUT2D eigenvalue weighted by Crippen LogP contribution is -2.41. The highest BCUT2D eigenvalue weighted by molar-refractivity contribution is 5.32. The summed E-state index contributed by atoms with van der Waals surface area (Å²) in [7, 11) is 1.66. The molecule has 0 bridgehead atoms. The van der Waals surface area contributed by atoms with Gasteiger partial charge in [0.1, 0.15) is 18.1 Å². The van der Waals surface area contributed by atoms with Crippen LogP contribution in [-0.2, 0) is 6.54 Å². The fourth-order valence-electron chi connectivity index (χ4n) is 2.45. The minimum atomic E-state index is 0.654. The average molecular weight is 272 g/mol. The molecule has 0 spiro atoms. The first-order chi connectivity index (χ1) is 9.86. The molecule has 0 amide bonds. The first-order valence-electron chi connectivity index (χ1n) is 6.99. The van der Waals surface area contributed by atoms with E-state index in [0.29, 0.717) is 12.5 Å². The zero-order chi connectivity index (χ0) is 13.8. The maximum atomic E-state index is 5.79. The monoisotopic (exact) mass is 272 g/mol. The Kier molecular flexibility index (Phi) is 3.92. The number of nitrogens with one attached hydrogen (secondary N) is 1. The Balaban J connectivity index is 1.55. The minimum absolute atomic E-state index is 0.654. The van der Waals surface area contributed by atoms with Crippen LogP contribution in [0, 0.1) is 0 Å². The Morgan fingerprint density at radius 2 is 2.05 bits per heavy atom. The van der Waals surface area contributed by atoms with Crippen LogP contribution in [0.1, 0.15) is 11.6 Å². The van der Waals surface area contributed by atoms with Crippen LogP contribution in [0.15, 0.2) is 42.6 Å². The standard InChI is InChI=1S/C16H20N2O2/c1-19-14-4-2-5-15(10-14)20-9-8-18-7-3-6-16(18)13-11-17-12-13/h2-7,10,13,17H,8-9,11-12H2,1H3. The summed E-state index contributed by atoms with van der Waals surface area (Å²) in [5.41, 5.74) is 1.40. The average Bonchev–Trinajstić information content (AvgIpc) is 2.85. The lowest BCUT2D eigenvalue weighted by molar-refractivity contribution is 0.291. The van der Waals surface area contributed by atoms with E-state index in [4.69, 9.17) is 9.47 Å². The third-order valence-electron chi connectivity index (χ3n) is 3.71. The lowest BCUT2D eigenvalue weighted by Gasteiger charge is -2.28. The highest BCUT2D eigenvalue weighted by Crippen LogP contribution is 2.21. The maximum absolute atomic E-state index is 5.79. The molecule has 2 aromatic rings. The van der Waals surface area contributed by atoms with Gasteiger partial charge in [0.15, 0.2) is 0 Å². The van der Waals surface area contributed by atoms with Crippen LogP contribution in [0.4, 0.5) is 0 Å². The summed E-state index contributed by atoms with van der Waals surface area (Å²) >= 11 is 0. The number of nitrogens with zero attached hydrogens (tertiary/aromatic N) is 1. The predicted molar refractivity (Wildman–Crippen MR) is 78.5 cm³/mol. The second-order valence-corrected chi connectivity index (χ2v) is 5.01. The molecule has 0 radical (unpaired) electrons. The maximum Gasteiger partial charge on any atom is 0.123 e. The lowest BCUT2D eigenvalue weighted by atomic mass is 9.99. The Hall–Kier alpha value is -1.94. The molecule has 1 fully saturated rings. The van der Waals surface area contributed by atoms with Gasteiger partial charge in [-0.15, -0.1) is 0 Å². The molecule has 4 heteroatoms. The van der Waals surface area contributed by atoms with Crippen LogP contribution < -0.4 is 14.8 Å². The molecule has 0 aliphatic carbocycles. The third kappa shape index (κ3) is 2.80. The highest BCUT2D eigenvalue weighted by Gasteiger charge is 2.21. The summed E-state index contributed by atoms with van der Waals surface area (Å²) in [4.78, 5) is 0. The Bertz CT molecular complexity index is 561. The molecule has 1 saturated heterocycles. The number of benzene rings is 1. The van der Waals surface area contributed by atoms with Gasteiger partial charge in [-0.2, -0.15) is 0 Å². The summed E-state index contributed by atoms with van der Waals surface area (Å²) in [6.07, 6.45) is 2.13. The first-order valence-corrected chi connectivity index (χ1v) is 6.99. The number of methoxy groups -OCH3 is 1. The molecule has 0 atom stereocenters. The molecule has 0 saturated carbocycles. The van der Waals surface area contributed by atoms with Gasteiger partial charge < -0.3 is 19.4 Å². The Morgan fingerprint density at radius 3 is 2.80 bits per heavy atom. The van der Waals surface area contributed by atoms with Gasteiger partial charge in [0.2, 0.25) is 0 Å². The summed E-state index contributed by atoms with van der Waals surface area (Å²) < 4.78 is 13.3. The molecule has 1 aromatic carbocycles. The van der Waals surface area contributed by atoms with Gasteiger partial charge >= 0.3 is 0 Å². The van der Waals surface area contributed by atoms with Crippen molar-refractivity contribution >= 4 is 0 Å². The molecule has 1 N–H and O–H groups in total. The van der Waals surface area contributed by atoms with Crippen LogP contribution in [0.3, 0.4) is 0 Å². The van der Waals surface area contributed by atoms with Gasteiger partial charge in [-0.25, -0.2) is 0 Å². The summed E-state index contributed by atoms with van der Waals surface area (Å²) in [5.74, 6) is 2.33. The number of aromatic nitrogens is 1. The van der Waals surface area contributed by atoms with E-state index in [-0.39, 0.29) is 0 Å². The largest absolute Gasteiger partial charge is 0.497 e. The van der Waals surface area contributed by atoms with Crippen molar-refractivity contribution in [3.8, 4) is 11.5 Å². The van der Waals surface area contributed by atoms with Crippen molar-refractivity contribution in [3.63, 3.8) is 0 Å². The van der Waals surface area contributed by atoms with Crippen molar-refractivity contribution in [3.05, 3.63) is 48.3 Å². The molecular formula is C16H20N2O2. The zero-order valence-electron chi connectivity index (χ0n) is 11.7. The second-order valence-electron chi connectivity index (χ2n) is 5.01. The van der Waals surface area contributed by atoms with Crippen LogP contribution >= 0.6 is 0 Å². The fraction of sp³-hybridized carbons (Fsp3) is 0.375. The van der Waals surface area contributed by atoms with E-state index in [2.05, 4.69) is 28.2 Å². The summed E-state index contributed by atoms with van der Waals surface area (Å²) in [5, 5.41) is 3.31. The molecule has 4 nitrogen and oxygen atoms in total. The van der Waals surface area contributed by atoms with Crippen LogP contribution in [0.5, 0.6) is 11.5 Å². The van der Waals surface area contributed by atoms with Crippen LogP contribution in [-0.4, -0.2) is 31.4 Å². The van der Waals surface area contributed by atoms with Crippen LogP contribution in [0.2, 0.25) is 0 Å². The van der Waals surface area contributed by atoms with Gasteiger partial charge in [-0.05, 0) is 24.3 Å². The SMILES string of the molecule is COc1cccc(OCCn2cccc2C2CNC2)c1. The van der Waals surface area contributed by atoms with Crippen molar-refractivity contribution in [2.45, 2.75) is 12.5 Å². The highest BCUT2D eigenvalue weighted by atomic mass is 16.5. The molecule has 106 valence electrons. The van der Waals surface area contributed by atoms with Gasteiger partial charge in [0, 0.05) is 37.0 Å². The van der Waals surface area contributed by atoms with Gasteiger partial charge in [-0.1, -0.05) is 6.07 Å². The number of hydrogen-bond acceptors (Lipinski definition) is 3. The van der Waals surface area contributed by atoms with E-state index in [0.717, 1.165) is 31.1 Å². The normalized spacial score (nSPS) is 14.8. The summed E-state index contributed by atoms with van der Waals surface area (Å²) in [6.45, 7) is 3.70. The van der Waals surface area contributed by atoms with E-state index >= 15 is 0 Å². The van der Waals surface area contributed by atoms with Crippen molar-refractivity contribution < 1.29 is 9.47 Å². The van der Waals surface area contributed by atoms with Crippen LogP contribution in [0.25, 0.3) is 0 Å². The molecule has 1 aliphatic rings. The van der Waals surface area contributed by atoms with Crippen molar-refractivity contribution in [1.29, 1.82) is 0 Å². The third-order valence-corrected chi connectivity index (χ3v) is 3.71. The topological polar surface area (TPSA) is 35.4 Å². The predicted octanol–water partition coefficient (Wildman–Crippen LogP) is 2.26. The molecule has 1 aromatic heterocycles. The molecule has 1 aliphatic heterocycles. The first kappa shape index (κ1) is 13.1. The fourth-order valence-corrected chi connectivity index (χ4v) is 2.45. The van der Waals surface area contributed by atoms with E-state index in [1.54, 1.807) is 7.11 Å². The smallest absolute Gasteiger partial charge is 0.123 e. The van der Waals surface area contributed by atoms with E-state index in [9.17, 15) is 0 Å². The van der Waals surface area contributed by atoms with E-state index in [1.165, 1.54) is 5.69 Å². The Labute approximate surface area is 119 Å².